The molecule has 0 saturated carbocycles. The number of hydrogen-bond acceptors (Lipinski definition) is 6. The molecule has 0 N–H and O–H groups in total. The quantitative estimate of drug-likeness (QED) is 0.650. The lowest BCUT2D eigenvalue weighted by Gasteiger charge is -2.06. The molecule has 3 rings (SSSR count). The Hall–Kier alpha value is -1.70. The molecule has 5 nitrogen and oxygen atoms in total. The maximum atomic E-state index is 5.10. The number of nitrogens with zero attached hydrogens (tertiary/aromatic N) is 4. The molecular weight excluding hydrogens is 328 g/mol. The molecule has 7 heteroatoms. The topological polar surface area (TPSA) is 52.8 Å². The first-order chi connectivity index (χ1) is 11.3. The van der Waals surface area contributed by atoms with Gasteiger partial charge in [-0.05, 0) is 19.1 Å². The van der Waals surface area contributed by atoms with E-state index in [0.29, 0.717) is 6.61 Å². The molecule has 1 atom stereocenters. The highest BCUT2D eigenvalue weighted by molar-refractivity contribution is 7.98. The van der Waals surface area contributed by atoms with Crippen LogP contribution in [0.4, 0.5) is 0 Å². The average molecular weight is 346 g/mol. The zero-order valence-corrected chi connectivity index (χ0v) is 14.7. The van der Waals surface area contributed by atoms with Gasteiger partial charge in [-0.25, -0.2) is 9.67 Å². The number of aromatic nitrogens is 4. The van der Waals surface area contributed by atoms with Crippen LogP contribution in [0, 0.1) is 0 Å². The van der Waals surface area contributed by atoms with E-state index >= 15 is 0 Å². The second-order valence-corrected chi connectivity index (χ2v) is 7.31. The van der Waals surface area contributed by atoms with Crippen molar-refractivity contribution in [2.75, 3.05) is 7.11 Å². The number of para-hydroxylation sites is 1. The summed E-state index contributed by atoms with van der Waals surface area (Å²) in [5.74, 6) is 0.861. The van der Waals surface area contributed by atoms with Gasteiger partial charge in [-0.1, -0.05) is 23.4 Å². The van der Waals surface area contributed by atoms with E-state index in [1.807, 2.05) is 53.0 Å². The van der Waals surface area contributed by atoms with Crippen LogP contribution in [0.1, 0.15) is 28.6 Å². The Bertz CT molecular complexity index is 741. The fraction of sp³-hybridized carbons (Fsp3) is 0.312. The van der Waals surface area contributed by atoms with Crippen LogP contribution in [0.25, 0.3) is 5.69 Å². The number of methoxy groups -OCH3 is 1. The van der Waals surface area contributed by atoms with E-state index in [-0.39, 0.29) is 5.25 Å². The molecule has 3 aromatic rings. The molecule has 23 heavy (non-hydrogen) atoms. The van der Waals surface area contributed by atoms with Gasteiger partial charge in [0, 0.05) is 23.5 Å². The minimum absolute atomic E-state index is 0.264. The maximum absolute atomic E-state index is 5.10. The molecule has 0 aliphatic rings. The monoisotopic (exact) mass is 346 g/mol. The van der Waals surface area contributed by atoms with Gasteiger partial charge in [-0.2, -0.15) is 0 Å². The van der Waals surface area contributed by atoms with Crippen LogP contribution in [0.15, 0.2) is 41.9 Å². The Morgan fingerprint density at radius 1 is 1.30 bits per heavy atom. The Morgan fingerprint density at radius 2 is 2.13 bits per heavy atom. The summed E-state index contributed by atoms with van der Waals surface area (Å²) in [7, 11) is 1.69. The van der Waals surface area contributed by atoms with Crippen molar-refractivity contribution in [3.05, 3.63) is 58.3 Å². The molecule has 2 aromatic heterocycles. The van der Waals surface area contributed by atoms with Gasteiger partial charge in [0.25, 0.3) is 0 Å². The summed E-state index contributed by atoms with van der Waals surface area (Å²) in [4.78, 5) is 4.55. The van der Waals surface area contributed by atoms with Crippen LogP contribution in [0.5, 0.6) is 0 Å². The molecule has 0 radical (unpaired) electrons. The molecule has 0 aliphatic heterocycles. The Morgan fingerprint density at radius 3 is 2.91 bits per heavy atom. The normalized spacial score (nSPS) is 12.4. The van der Waals surface area contributed by atoms with Crippen LogP contribution in [0.3, 0.4) is 0 Å². The van der Waals surface area contributed by atoms with Crippen molar-refractivity contribution < 1.29 is 4.74 Å². The van der Waals surface area contributed by atoms with Crippen molar-refractivity contribution in [3.8, 4) is 5.69 Å². The van der Waals surface area contributed by atoms with Crippen LogP contribution >= 0.6 is 23.1 Å². The first-order valence-electron chi connectivity index (χ1n) is 7.27. The third-order valence-electron chi connectivity index (χ3n) is 3.30. The van der Waals surface area contributed by atoms with Gasteiger partial charge >= 0.3 is 0 Å². The van der Waals surface area contributed by atoms with Gasteiger partial charge in [-0.15, -0.1) is 28.2 Å². The number of thiazole rings is 1. The van der Waals surface area contributed by atoms with E-state index in [1.54, 1.807) is 18.4 Å². The Kier molecular flexibility index (Phi) is 5.43. The second kappa shape index (κ2) is 7.72. The minimum Gasteiger partial charge on any atom is -0.378 e. The third-order valence-corrected chi connectivity index (χ3v) is 5.37. The zero-order chi connectivity index (χ0) is 16.1. The summed E-state index contributed by atoms with van der Waals surface area (Å²) >= 11 is 3.45. The minimum atomic E-state index is 0.264. The Balaban J connectivity index is 1.60. The van der Waals surface area contributed by atoms with Crippen LogP contribution < -0.4 is 0 Å². The van der Waals surface area contributed by atoms with E-state index in [4.69, 9.17) is 4.74 Å². The molecule has 1 aromatic carbocycles. The van der Waals surface area contributed by atoms with E-state index in [2.05, 4.69) is 27.6 Å². The number of rotatable bonds is 7. The number of hydrogen-bond donors (Lipinski definition) is 0. The van der Waals surface area contributed by atoms with E-state index in [0.717, 1.165) is 27.8 Å². The number of benzene rings is 1. The van der Waals surface area contributed by atoms with Gasteiger partial charge in [-0.3, -0.25) is 0 Å². The lowest BCUT2D eigenvalue weighted by atomic mass is 10.3. The molecule has 0 unspecified atom stereocenters. The molecule has 2 heterocycles. The Labute approximate surface area is 143 Å². The van der Waals surface area contributed by atoms with Crippen LogP contribution in [0.2, 0.25) is 0 Å². The van der Waals surface area contributed by atoms with E-state index < -0.39 is 0 Å². The zero-order valence-electron chi connectivity index (χ0n) is 13.0. The van der Waals surface area contributed by atoms with Gasteiger partial charge in [0.15, 0.2) is 0 Å². The molecule has 0 aliphatic carbocycles. The summed E-state index contributed by atoms with van der Waals surface area (Å²) in [5.41, 5.74) is 3.09. The predicted octanol–water partition coefficient (Wildman–Crippen LogP) is 3.86. The summed E-state index contributed by atoms with van der Waals surface area (Å²) in [6, 6.07) is 10.0. The van der Waals surface area contributed by atoms with Gasteiger partial charge < -0.3 is 4.74 Å². The van der Waals surface area contributed by atoms with E-state index in [9.17, 15) is 0 Å². The van der Waals surface area contributed by atoms with Crippen molar-refractivity contribution in [1.29, 1.82) is 0 Å². The van der Waals surface area contributed by atoms with Gasteiger partial charge in [0.05, 0.1) is 29.9 Å². The predicted molar refractivity (Wildman–Crippen MR) is 93.9 cm³/mol. The van der Waals surface area contributed by atoms with Crippen LogP contribution in [-0.2, 0) is 17.1 Å². The van der Waals surface area contributed by atoms with Gasteiger partial charge in [0.2, 0.25) is 0 Å². The highest BCUT2D eigenvalue weighted by atomic mass is 32.2. The summed E-state index contributed by atoms with van der Waals surface area (Å²) in [6.07, 6.45) is 1.99. The molecule has 0 spiro atoms. The first kappa shape index (κ1) is 16.2. The maximum Gasteiger partial charge on any atom is 0.119 e. The highest BCUT2D eigenvalue weighted by Gasteiger charge is 2.12. The fourth-order valence-corrected chi connectivity index (χ4v) is 3.79. The van der Waals surface area contributed by atoms with Crippen molar-refractivity contribution in [1.82, 2.24) is 20.0 Å². The highest BCUT2D eigenvalue weighted by Crippen LogP contribution is 2.30. The third kappa shape index (κ3) is 4.19. The molecule has 0 bridgehead atoms. The lowest BCUT2D eigenvalue weighted by molar-refractivity contribution is 0.184. The van der Waals surface area contributed by atoms with E-state index in [1.165, 1.54) is 0 Å². The standard InChI is InChI=1S/C16H18N4OS2/c1-12(22-10-13-11-23-16(17-13)9-21-2)15-8-20(19-18-15)14-6-4-3-5-7-14/h3-8,11-12H,9-10H2,1-2H3/t12-/m0/s1. The molecular formula is C16H18N4OS2. The molecule has 0 saturated heterocycles. The molecule has 0 amide bonds. The SMILES string of the molecule is COCc1nc(CS[C@@H](C)c2cn(-c3ccccc3)nn2)cs1. The van der Waals surface area contributed by atoms with Gasteiger partial charge in [0.1, 0.15) is 5.01 Å². The fourth-order valence-electron chi connectivity index (χ4n) is 2.07. The summed E-state index contributed by atoms with van der Waals surface area (Å²) < 4.78 is 6.91. The number of ether oxygens (including phenoxy) is 1. The lowest BCUT2D eigenvalue weighted by Crippen LogP contribution is -1.93. The van der Waals surface area contributed by atoms with Crippen LogP contribution in [-0.4, -0.2) is 27.1 Å². The number of thioether (sulfide) groups is 1. The summed E-state index contributed by atoms with van der Waals surface area (Å²) in [5, 5.41) is 11.9. The smallest absolute Gasteiger partial charge is 0.119 e. The van der Waals surface area contributed by atoms with Crippen molar-refractivity contribution in [2.45, 2.75) is 24.5 Å². The molecule has 0 fully saturated rings. The van der Waals surface area contributed by atoms with Crippen molar-refractivity contribution in [3.63, 3.8) is 0 Å². The average Bonchev–Trinajstić information content (AvgIpc) is 3.23. The summed E-state index contributed by atoms with van der Waals surface area (Å²) in [6.45, 7) is 2.72. The second-order valence-electron chi connectivity index (χ2n) is 5.04. The van der Waals surface area contributed by atoms with Crippen molar-refractivity contribution >= 4 is 23.1 Å². The van der Waals surface area contributed by atoms with Crippen molar-refractivity contribution in [2.24, 2.45) is 0 Å². The first-order valence-corrected chi connectivity index (χ1v) is 9.20. The largest absolute Gasteiger partial charge is 0.378 e. The molecule has 120 valence electrons.